The lowest BCUT2D eigenvalue weighted by molar-refractivity contribution is 0.102. The van der Waals surface area contributed by atoms with Gasteiger partial charge in [0.15, 0.2) is 5.01 Å². The molecule has 0 radical (unpaired) electrons. The zero-order valence-corrected chi connectivity index (χ0v) is 10.5. The summed E-state index contributed by atoms with van der Waals surface area (Å²) in [5.74, 6) is 0.320. The van der Waals surface area contributed by atoms with Crippen molar-refractivity contribution in [1.29, 1.82) is 0 Å². The Kier molecular flexibility index (Phi) is 3.61. The summed E-state index contributed by atoms with van der Waals surface area (Å²) in [6, 6.07) is 5.04. The second kappa shape index (κ2) is 5.16. The number of anilines is 1. The second-order valence-electron chi connectivity index (χ2n) is 3.14. The molecule has 6 heteroatoms. The molecule has 17 heavy (non-hydrogen) atoms. The summed E-state index contributed by atoms with van der Waals surface area (Å²) in [5.41, 5.74) is 0.607. The lowest BCUT2D eigenvalue weighted by Gasteiger charge is -2.06. The van der Waals surface area contributed by atoms with Crippen molar-refractivity contribution < 1.29 is 9.53 Å². The van der Waals surface area contributed by atoms with Gasteiger partial charge in [0, 0.05) is 17.3 Å². The van der Waals surface area contributed by atoms with Crippen LogP contribution in [0.25, 0.3) is 0 Å². The maximum absolute atomic E-state index is 11.7. The molecule has 0 atom stereocenters. The maximum Gasteiger partial charge on any atom is 0.284 e. The summed E-state index contributed by atoms with van der Waals surface area (Å²) >= 11 is 7.23. The van der Waals surface area contributed by atoms with Crippen LogP contribution in [0.1, 0.15) is 9.80 Å². The number of ether oxygens (including phenoxy) is 1. The molecule has 0 unspecified atom stereocenters. The Labute approximate surface area is 107 Å². The van der Waals surface area contributed by atoms with Crippen molar-refractivity contribution >= 4 is 34.5 Å². The van der Waals surface area contributed by atoms with Crippen molar-refractivity contribution in [3.05, 3.63) is 39.8 Å². The zero-order valence-electron chi connectivity index (χ0n) is 8.94. The van der Waals surface area contributed by atoms with Crippen LogP contribution in [0.2, 0.25) is 5.02 Å². The van der Waals surface area contributed by atoms with Crippen LogP contribution in [0.15, 0.2) is 29.8 Å². The number of hydrogen-bond donors (Lipinski definition) is 1. The van der Waals surface area contributed by atoms with Gasteiger partial charge in [0.05, 0.1) is 12.1 Å². The average Bonchev–Trinajstić information content (AvgIpc) is 2.82. The molecule has 1 aromatic heterocycles. The van der Waals surface area contributed by atoms with Crippen LogP contribution in [0.4, 0.5) is 5.69 Å². The molecular weight excluding hydrogens is 260 g/mol. The molecule has 88 valence electrons. The summed E-state index contributed by atoms with van der Waals surface area (Å²) in [4.78, 5) is 15.6. The standard InChI is InChI=1S/C11H9ClN2O2S/c1-16-9-3-2-7(6-8(9)12)14-10(15)11-13-4-5-17-11/h2-6H,1H3,(H,14,15). The third-order valence-electron chi connectivity index (χ3n) is 2.04. The molecule has 0 fully saturated rings. The van der Waals surface area contributed by atoms with Gasteiger partial charge in [-0.15, -0.1) is 11.3 Å². The average molecular weight is 269 g/mol. The summed E-state index contributed by atoms with van der Waals surface area (Å²) in [6.45, 7) is 0. The fourth-order valence-corrected chi connectivity index (χ4v) is 2.05. The quantitative estimate of drug-likeness (QED) is 0.931. The Bertz CT molecular complexity index is 528. The van der Waals surface area contributed by atoms with Gasteiger partial charge in [-0.1, -0.05) is 11.6 Å². The molecule has 0 saturated heterocycles. The van der Waals surface area contributed by atoms with E-state index in [1.54, 1.807) is 29.8 Å². The minimum atomic E-state index is -0.249. The molecule has 0 aliphatic carbocycles. The van der Waals surface area contributed by atoms with Crippen LogP contribution in [0.3, 0.4) is 0 Å². The Morgan fingerprint density at radius 3 is 2.94 bits per heavy atom. The van der Waals surface area contributed by atoms with Crippen LogP contribution in [0, 0.1) is 0 Å². The van der Waals surface area contributed by atoms with E-state index in [9.17, 15) is 4.79 Å². The number of rotatable bonds is 3. The predicted octanol–water partition coefficient (Wildman–Crippen LogP) is 3.06. The van der Waals surface area contributed by atoms with Crippen molar-refractivity contribution in [3.63, 3.8) is 0 Å². The molecule has 1 amide bonds. The fraction of sp³-hybridized carbons (Fsp3) is 0.0909. The van der Waals surface area contributed by atoms with Gasteiger partial charge in [0.2, 0.25) is 0 Å². The van der Waals surface area contributed by atoms with E-state index < -0.39 is 0 Å². The summed E-state index contributed by atoms with van der Waals surface area (Å²) in [7, 11) is 1.54. The van der Waals surface area contributed by atoms with E-state index in [0.29, 0.717) is 21.5 Å². The van der Waals surface area contributed by atoms with Crippen molar-refractivity contribution in [1.82, 2.24) is 4.98 Å². The highest BCUT2D eigenvalue weighted by Gasteiger charge is 2.09. The van der Waals surface area contributed by atoms with Crippen LogP contribution in [-0.2, 0) is 0 Å². The van der Waals surface area contributed by atoms with E-state index >= 15 is 0 Å². The van der Waals surface area contributed by atoms with Crippen LogP contribution < -0.4 is 10.1 Å². The molecule has 1 N–H and O–H groups in total. The number of thiazole rings is 1. The molecule has 2 rings (SSSR count). The number of hydrogen-bond acceptors (Lipinski definition) is 4. The number of carbonyl (C=O) groups is 1. The smallest absolute Gasteiger partial charge is 0.284 e. The molecular formula is C11H9ClN2O2S. The maximum atomic E-state index is 11.7. The van der Waals surface area contributed by atoms with Crippen molar-refractivity contribution in [2.75, 3.05) is 12.4 Å². The monoisotopic (exact) mass is 268 g/mol. The molecule has 1 heterocycles. The molecule has 0 saturated carbocycles. The number of methoxy groups -OCH3 is 1. The summed E-state index contributed by atoms with van der Waals surface area (Å²) in [5, 5.41) is 5.31. The van der Waals surface area contributed by atoms with Crippen molar-refractivity contribution in [2.24, 2.45) is 0 Å². The lowest BCUT2D eigenvalue weighted by Crippen LogP contribution is -2.11. The molecule has 1 aromatic carbocycles. The van der Waals surface area contributed by atoms with E-state index in [1.165, 1.54) is 18.4 Å². The first kappa shape index (κ1) is 11.9. The number of carbonyl (C=O) groups excluding carboxylic acids is 1. The van der Waals surface area contributed by atoms with Crippen LogP contribution in [0.5, 0.6) is 5.75 Å². The molecule has 0 bridgehead atoms. The second-order valence-corrected chi connectivity index (χ2v) is 4.44. The van der Waals surface area contributed by atoms with Gasteiger partial charge in [-0.3, -0.25) is 4.79 Å². The number of nitrogens with one attached hydrogen (secondary N) is 1. The number of halogens is 1. The molecule has 2 aromatic rings. The van der Waals surface area contributed by atoms with Gasteiger partial charge in [-0.25, -0.2) is 4.98 Å². The molecule has 0 aliphatic rings. The fourth-order valence-electron chi connectivity index (χ4n) is 1.26. The Morgan fingerprint density at radius 2 is 2.35 bits per heavy atom. The van der Waals surface area contributed by atoms with Gasteiger partial charge in [-0.2, -0.15) is 0 Å². The normalized spacial score (nSPS) is 10.0. The van der Waals surface area contributed by atoms with E-state index in [-0.39, 0.29) is 5.91 Å². The van der Waals surface area contributed by atoms with E-state index in [0.717, 1.165) is 0 Å². The van der Waals surface area contributed by atoms with E-state index in [1.807, 2.05) is 0 Å². The minimum Gasteiger partial charge on any atom is -0.495 e. The number of aromatic nitrogens is 1. The number of amides is 1. The molecule has 4 nitrogen and oxygen atoms in total. The minimum absolute atomic E-state index is 0.249. The summed E-state index contributed by atoms with van der Waals surface area (Å²) < 4.78 is 5.02. The first-order valence-electron chi connectivity index (χ1n) is 4.75. The van der Waals surface area contributed by atoms with E-state index in [4.69, 9.17) is 16.3 Å². The van der Waals surface area contributed by atoms with Gasteiger partial charge < -0.3 is 10.1 Å². The third kappa shape index (κ3) is 2.75. The summed E-state index contributed by atoms with van der Waals surface area (Å²) in [6.07, 6.45) is 1.58. The van der Waals surface area contributed by atoms with Crippen molar-refractivity contribution in [3.8, 4) is 5.75 Å². The van der Waals surface area contributed by atoms with Crippen LogP contribution in [-0.4, -0.2) is 18.0 Å². The molecule has 0 spiro atoms. The number of nitrogens with zero attached hydrogens (tertiary/aromatic N) is 1. The zero-order chi connectivity index (χ0) is 12.3. The SMILES string of the molecule is COc1ccc(NC(=O)c2nccs2)cc1Cl. The highest BCUT2D eigenvalue weighted by Crippen LogP contribution is 2.27. The highest BCUT2D eigenvalue weighted by molar-refractivity contribution is 7.11. The highest BCUT2D eigenvalue weighted by atomic mass is 35.5. The van der Waals surface area contributed by atoms with E-state index in [2.05, 4.69) is 10.3 Å². The van der Waals surface area contributed by atoms with Gasteiger partial charge in [0.1, 0.15) is 5.75 Å². The number of benzene rings is 1. The van der Waals surface area contributed by atoms with Gasteiger partial charge in [-0.05, 0) is 18.2 Å². The van der Waals surface area contributed by atoms with Gasteiger partial charge >= 0.3 is 0 Å². The topological polar surface area (TPSA) is 51.2 Å². The lowest BCUT2D eigenvalue weighted by atomic mass is 10.3. The van der Waals surface area contributed by atoms with Crippen LogP contribution >= 0.6 is 22.9 Å². The first-order valence-corrected chi connectivity index (χ1v) is 6.01. The largest absolute Gasteiger partial charge is 0.495 e. The van der Waals surface area contributed by atoms with Crippen molar-refractivity contribution in [2.45, 2.75) is 0 Å². The Morgan fingerprint density at radius 1 is 1.53 bits per heavy atom. The van der Waals surface area contributed by atoms with Gasteiger partial charge in [0.25, 0.3) is 5.91 Å². The third-order valence-corrected chi connectivity index (χ3v) is 3.10. The Hall–Kier alpha value is -1.59. The predicted molar refractivity (Wildman–Crippen MR) is 68.1 cm³/mol. The Balaban J connectivity index is 2.14. The first-order chi connectivity index (χ1) is 8.20. The molecule has 0 aliphatic heterocycles.